The van der Waals surface area contributed by atoms with E-state index in [0.717, 1.165) is 4.47 Å². The summed E-state index contributed by atoms with van der Waals surface area (Å²) in [5, 5.41) is 5.06. The van der Waals surface area contributed by atoms with Crippen LogP contribution >= 0.6 is 27.3 Å². The zero-order valence-corrected chi connectivity index (χ0v) is 13.9. The van der Waals surface area contributed by atoms with Crippen LogP contribution in [0.1, 0.15) is 21.3 Å². The molecule has 106 valence electrons. The lowest BCUT2D eigenvalue weighted by Gasteiger charge is -2.23. The van der Waals surface area contributed by atoms with Crippen LogP contribution in [0.25, 0.3) is 0 Å². The summed E-state index contributed by atoms with van der Waals surface area (Å²) in [6.07, 6.45) is 0. The third-order valence-electron chi connectivity index (χ3n) is 3.04. The number of rotatable bonds is 5. The molecule has 0 radical (unpaired) electrons. The Labute approximate surface area is 131 Å². The first-order chi connectivity index (χ1) is 9.58. The van der Waals surface area contributed by atoms with Crippen molar-refractivity contribution in [3.8, 4) is 0 Å². The Morgan fingerprint density at radius 2 is 2.15 bits per heavy atom. The molecule has 0 fully saturated rings. The maximum atomic E-state index is 12.1. The number of carbonyl (C=O) groups is 1. The Morgan fingerprint density at radius 3 is 2.75 bits per heavy atom. The molecule has 0 aliphatic carbocycles. The molecule has 0 spiro atoms. The number of carbonyl (C=O) groups excluding carboxylic acids is 1. The minimum atomic E-state index is -0.0466. The maximum Gasteiger partial charge on any atom is 0.251 e. The number of amides is 1. The third-order valence-corrected chi connectivity index (χ3v) is 4.50. The van der Waals surface area contributed by atoms with Gasteiger partial charge in [-0.25, -0.2) is 0 Å². The van der Waals surface area contributed by atoms with Gasteiger partial charge in [0.15, 0.2) is 0 Å². The van der Waals surface area contributed by atoms with Crippen molar-refractivity contribution in [3.63, 3.8) is 0 Å². The largest absolute Gasteiger partial charge is 0.350 e. The second-order valence-electron chi connectivity index (χ2n) is 4.72. The zero-order chi connectivity index (χ0) is 14.5. The molecule has 0 aliphatic heterocycles. The summed E-state index contributed by atoms with van der Waals surface area (Å²) < 4.78 is 0.910. The molecule has 0 aliphatic rings. The van der Waals surface area contributed by atoms with Crippen LogP contribution in [-0.4, -0.2) is 31.4 Å². The summed E-state index contributed by atoms with van der Waals surface area (Å²) in [4.78, 5) is 15.5. The summed E-state index contributed by atoms with van der Waals surface area (Å²) in [7, 11) is 4.05. The van der Waals surface area contributed by atoms with Crippen molar-refractivity contribution in [2.24, 2.45) is 0 Å². The van der Waals surface area contributed by atoms with Crippen LogP contribution < -0.4 is 5.32 Å². The SMILES string of the molecule is CN(C)[C@H](CNC(=O)c1cccc(Br)c1)c1cccs1. The van der Waals surface area contributed by atoms with E-state index in [1.807, 2.05) is 44.4 Å². The molecule has 0 saturated heterocycles. The summed E-state index contributed by atoms with van der Waals surface area (Å²) in [5.41, 5.74) is 0.670. The van der Waals surface area contributed by atoms with Gasteiger partial charge in [-0.3, -0.25) is 4.79 Å². The zero-order valence-electron chi connectivity index (χ0n) is 11.5. The lowest BCUT2D eigenvalue weighted by molar-refractivity contribution is 0.0942. The van der Waals surface area contributed by atoms with Crippen LogP contribution in [-0.2, 0) is 0 Å². The molecule has 1 heterocycles. The van der Waals surface area contributed by atoms with Gasteiger partial charge in [-0.05, 0) is 43.7 Å². The summed E-state index contributed by atoms with van der Waals surface area (Å²) in [5.74, 6) is -0.0466. The number of likely N-dealkylation sites (N-methyl/N-ethyl adjacent to an activating group) is 1. The van der Waals surface area contributed by atoms with Crippen molar-refractivity contribution in [1.82, 2.24) is 10.2 Å². The van der Waals surface area contributed by atoms with E-state index in [4.69, 9.17) is 0 Å². The average Bonchev–Trinajstić information content (AvgIpc) is 2.92. The predicted octanol–water partition coefficient (Wildman–Crippen LogP) is 3.54. The molecule has 20 heavy (non-hydrogen) atoms. The second kappa shape index (κ2) is 7.02. The van der Waals surface area contributed by atoms with E-state index in [2.05, 4.69) is 37.6 Å². The van der Waals surface area contributed by atoms with E-state index in [0.29, 0.717) is 12.1 Å². The highest BCUT2D eigenvalue weighted by molar-refractivity contribution is 9.10. The number of hydrogen-bond acceptors (Lipinski definition) is 3. The van der Waals surface area contributed by atoms with Crippen molar-refractivity contribution in [2.75, 3.05) is 20.6 Å². The Morgan fingerprint density at radius 1 is 1.35 bits per heavy atom. The molecular weight excluding hydrogens is 336 g/mol. The van der Waals surface area contributed by atoms with Crippen molar-refractivity contribution >= 4 is 33.2 Å². The van der Waals surface area contributed by atoms with Gasteiger partial charge in [0.05, 0.1) is 6.04 Å². The summed E-state index contributed by atoms with van der Waals surface area (Å²) in [6.45, 7) is 0.596. The fraction of sp³-hybridized carbons (Fsp3) is 0.267. The molecule has 5 heteroatoms. The predicted molar refractivity (Wildman–Crippen MR) is 87.2 cm³/mol. The number of halogens is 1. The fourth-order valence-electron chi connectivity index (χ4n) is 1.94. The van der Waals surface area contributed by atoms with Crippen LogP contribution in [0.5, 0.6) is 0 Å². The smallest absolute Gasteiger partial charge is 0.251 e. The molecule has 1 aromatic carbocycles. The molecule has 2 aromatic rings. The third kappa shape index (κ3) is 3.91. The number of thiophene rings is 1. The molecule has 1 atom stereocenters. The van der Waals surface area contributed by atoms with Crippen LogP contribution in [0.3, 0.4) is 0 Å². The Hall–Kier alpha value is -1.17. The van der Waals surface area contributed by atoms with E-state index in [1.54, 1.807) is 11.3 Å². The van der Waals surface area contributed by atoms with Crippen LogP contribution in [0, 0.1) is 0 Å². The van der Waals surface area contributed by atoms with Gasteiger partial charge in [-0.1, -0.05) is 28.1 Å². The monoisotopic (exact) mass is 352 g/mol. The summed E-state index contributed by atoms with van der Waals surface area (Å²) in [6, 6.07) is 11.7. The lowest BCUT2D eigenvalue weighted by Crippen LogP contribution is -2.34. The second-order valence-corrected chi connectivity index (χ2v) is 6.61. The van der Waals surface area contributed by atoms with E-state index >= 15 is 0 Å². The molecule has 1 amide bonds. The Kier molecular flexibility index (Phi) is 5.34. The van der Waals surface area contributed by atoms with Crippen molar-refractivity contribution in [3.05, 3.63) is 56.7 Å². The molecular formula is C15H17BrN2OS. The Balaban J connectivity index is 2.01. The first-order valence-corrected chi connectivity index (χ1v) is 7.99. The molecule has 1 N–H and O–H groups in total. The van der Waals surface area contributed by atoms with E-state index in [-0.39, 0.29) is 11.9 Å². The maximum absolute atomic E-state index is 12.1. The number of nitrogens with one attached hydrogen (secondary N) is 1. The van der Waals surface area contributed by atoms with Gasteiger partial charge in [-0.2, -0.15) is 0 Å². The van der Waals surface area contributed by atoms with Gasteiger partial charge in [0.2, 0.25) is 0 Å². The number of benzene rings is 1. The van der Waals surface area contributed by atoms with Gasteiger partial charge >= 0.3 is 0 Å². The van der Waals surface area contributed by atoms with Crippen molar-refractivity contribution in [1.29, 1.82) is 0 Å². The normalized spacial score (nSPS) is 12.4. The lowest BCUT2D eigenvalue weighted by atomic mass is 10.2. The van der Waals surface area contributed by atoms with E-state index in [1.165, 1.54) is 4.88 Å². The molecule has 1 aromatic heterocycles. The first-order valence-electron chi connectivity index (χ1n) is 6.31. The molecule has 3 nitrogen and oxygen atoms in total. The molecule has 0 saturated carbocycles. The van der Waals surface area contributed by atoms with E-state index in [9.17, 15) is 4.79 Å². The van der Waals surface area contributed by atoms with Crippen molar-refractivity contribution < 1.29 is 4.79 Å². The highest BCUT2D eigenvalue weighted by Crippen LogP contribution is 2.22. The van der Waals surface area contributed by atoms with Gasteiger partial charge in [-0.15, -0.1) is 11.3 Å². The minimum absolute atomic E-state index is 0.0466. The quantitative estimate of drug-likeness (QED) is 0.892. The van der Waals surface area contributed by atoms with Crippen LogP contribution in [0.15, 0.2) is 46.3 Å². The molecule has 2 rings (SSSR count). The first kappa shape index (κ1) is 15.2. The number of nitrogens with zero attached hydrogens (tertiary/aromatic N) is 1. The standard InChI is InChI=1S/C15H17BrN2OS/c1-18(2)13(14-7-4-8-20-14)10-17-15(19)11-5-3-6-12(16)9-11/h3-9,13H,10H2,1-2H3,(H,17,19)/t13-/m1/s1. The van der Waals surface area contributed by atoms with Crippen molar-refractivity contribution in [2.45, 2.75) is 6.04 Å². The Bertz CT molecular complexity index is 569. The van der Waals surface area contributed by atoms with Crippen LogP contribution in [0.4, 0.5) is 0 Å². The minimum Gasteiger partial charge on any atom is -0.350 e. The van der Waals surface area contributed by atoms with Gasteiger partial charge in [0.25, 0.3) is 5.91 Å². The van der Waals surface area contributed by atoms with Gasteiger partial charge in [0, 0.05) is 21.5 Å². The molecule has 0 unspecified atom stereocenters. The average molecular weight is 353 g/mol. The summed E-state index contributed by atoms with van der Waals surface area (Å²) >= 11 is 5.09. The van der Waals surface area contributed by atoms with Gasteiger partial charge < -0.3 is 10.2 Å². The fourth-order valence-corrected chi connectivity index (χ4v) is 3.26. The van der Waals surface area contributed by atoms with Crippen LogP contribution in [0.2, 0.25) is 0 Å². The highest BCUT2D eigenvalue weighted by Gasteiger charge is 2.16. The highest BCUT2D eigenvalue weighted by atomic mass is 79.9. The number of hydrogen-bond donors (Lipinski definition) is 1. The van der Waals surface area contributed by atoms with Gasteiger partial charge in [0.1, 0.15) is 0 Å². The molecule has 0 bridgehead atoms. The topological polar surface area (TPSA) is 32.3 Å². The van der Waals surface area contributed by atoms with E-state index < -0.39 is 0 Å².